The molecular formula is C10H15N5OS. The molecule has 0 fully saturated rings. The predicted octanol–water partition coefficient (Wildman–Crippen LogP) is 1.36. The molecule has 0 amide bonds. The maximum absolute atomic E-state index is 5.51. The molecule has 17 heavy (non-hydrogen) atoms. The van der Waals surface area contributed by atoms with Crippen LogP contribution in [0.25, 0.3) is 0 Å². The van der Waals surface area contributed by atoms with Crippen LogP contribution in [0.4, 0.5) is 5.13 Å². The molecule has 0 radical (unpaired) electrons. The summed E-state index contributed by atoms with van der Waals surface area (Å²) in [6.07, 6.45) is 0. The number of nitrogens with two attached hydrogens (primary N) is 1. The summed E-state index contributed by atoms with van der Waals surface area (Å²) in [7, 11) is 2.01. The zero-order valence-electron chi connectivity index (χ0n) is 9.80. The van der Waals surface area contributed by atoms with Crippen LogP contribution in [0.1, 0.15) is 16.5 Å². The molecule has 0 aromatic carbocycles. The summed E-state index contributed by atoms with van der Waals surface area (Å²) in [6, 6.07) is 3.95. The molecule has 0 aliphatic carbocycles. The van der Waals surface area contributed by atoms with Crippen molar-refractivity contribution in [2.75, 3.05) is 12.5 Å². The zero-order chi connectivity index (χ0) is 12.3. The Hall–Kier alpha value is -1.44. The predicted molar refractivity (Wildman–Crippen MR) is 66.3 cm³/mol. The highest BCUT2D eigenvalue weighted by atomic mass is 32.1. The lowest BCUT2D eigenvalue weighted by Crippen LogP contribution is -2.16. The fourth-order valence-corrected chi connectivity index (χ4v) is 2.23. The van der Waals surface area contributed by atoms with E-state index >= 15 is 0 Å². The van der Waals surface area contributed by atoms with Crippen LogP contribution >= 0.6 is 11.3 Å². The summed E-state index contributed by atoms with van der Waals surface area (Å²) < 4.78 is 5.51. The maximum atomic E-state index is 5.51. The van der Waals surface area contributed by atoms with Crippen LogP contribution in [0.3, 0.4) is 0 Å². The monoisotopic (exact) mass is 253 g/mol. The molecule has 92 valence electrons. The van der Waals surface area contributed by atoms with Crippen LogP contribution in [-0.2, 0) is 13.1 Å². The first-order valence-corrected chi connectivity index (χ1v) is 6.02. The van der Waals surface area contributed by atoms with Gasteiger partial charge in [0.25, 0.3) is 0 Å². The van der Waals surface area contributed by atoms with Crippen LogP contribution in [0.5, 0.6) is 0 Å². The lowest BCUT2D eigenvalue weighted by atomic mass is 10.4. The van der Waals surface area contributed by atoms with Crippen molar-refractivity contribution in [3.05, 3.63) is 28.7 Å². The summed E-state index contributed by atoms with van der Waals surface area (Å²) in [5.41, 5.74) is 2.48. The Bertz CT molecular complexity index is 481. The molecule has 2 rings (SSSR count). The van der Waals surface area contributed by atoms with E-state index in [1.165, 1.54) is 11.3 Å². The quantitative estimate of drug-likeness (QED) is 0.618. The molecule has 0 saturated heterocycles. The average Bonchev–Trinajstić information content (AvgIpc) is 2.88. The second-order valence-corrected chi connectivity index (χ2v) is 4.89. The number of nitrogen functional groups attached to an aromatic ring is 1. The second kappa shape index (κ2) is 5.26. The summed E-state index contributed by atoms with van der Waals surface area (Å²) in [5.74, 6) is 7.13. The van der Waals surface area contributed by atoms with E-state index < -0.39 is 0 Å². The number of rotatable bonds is 5. The van der Waals surface area contributed by atoms with Crippen molar-refractivity contribution in [1.29, 1.82) is 0 Å². The molecular weight excluding hydrogens is 238 g/mol. The Morgan fingerprint density at radius 3 is 2.82 bits per heavy atom. The lowest BCUT2D eigenvalue weighted by molar-refractivity contribution is 0.284. The molecule has 0 bridgehead atoms. The van der Waals surface area contributed by atoms with Gasteiger partial charge in [0, 0.05) is 0 Å². The minimum Gasteiger partial charge on any atom is -0.465 e. The number of aromatic nitrogens is 2. The summed E-state index contributed by atoms with van der Waals surface area (Å²) >= 11 is 1.45. The largest absolute Gasteiger partial charge is 0.465 e. The number of anilines is 1. The third-order valence-corrected chi connectivity index (χ3v) is 3.06. The fourth-order valence-electron chi connectivity index (χ4n) is 1.50. The first kappa shape index (κ1) is 12.0. The maximum Gasteiger partial charge on any atom is 0.219 e. The van der Waals surface area contributed by atoms with Gasteiger partial charge in [-0.3, -0.25) is 10.3 Å². The number of hydrogen-bond donors (Lipinski definition) is 2. The summed E-state index contributed by atoms with van der Waals surface area (Å²) in [6.45, 7) is 3.41. The van der Waals surface area contributed by atoms with E-state index in [1.807, 2.05) is 26.1 Å². The van der Waals surface area contributed by atoms with Gasteiger partial charge in [0.1, 0.15) is 16.5 Å². The molecule has 0 unspecified atom stereocenters. The fraction of sp³-hybridized carbons (Fsp3) is 0.400. The highest BCUT2D eigenvalue weighted by Gasteiger charge is 2.08. The average molecular weight is 253 g/mol. The van der Waals surface area contributed by atoms with Crippen LogP contribution < -0.4 is 11.3 Å². The van der Waals surface area contributed by atoms with Gasteiger partial charge in [0.05, 0.1) is 13.1 Å². The Kier molecular flexibility index (Phi) is 3.72. The molecule has 0 saturated carbocycles. The highest BCUT2D eigenvalue weighted by Crippen LogP contribution is 2.16. The molecule has 2 heterocycles. The molecule has 0 aliphatic rings. The normalized spacial score (nSPS) is 11.1. The third-order valence-electron chi connectivity index (χ3n) is 2.22. The van der Waals surface area contributed by atoms with E-state index in [0.29, 0.717) is 5.13 Å². The van der Waals surface area contributed by atoms with Gasteiger partial charge in [-0.1, -0.05) is 11.3 Å². The van der Waals surface area contributed by atoms with E-state index in [0.717, 1.165) is 29.6 Å². The number of nitrogens with zero attached hydrogens (tertiary/aromatic N) is 3. The van der Waals surface area contributed by atoms with Crippen molar-refractivity contribution in [3.8, 4) is 0 Å². The molecule has 7 heteroatoms. The smallest absolute Gasteiger partial charge is 0.219 e. The Labute approximate surface area is 103 Å². The van der Waals surface area contributed by atoms with Gasteiger partial charge in [-0.15, -0.1) is 10.2 Å². The van der Waals surface area contributed by atoms with Gasteiger partial charge in [0.2, 0.25) is 5.13 Å². The van der Waals surface area contributed by atoms with E-state index in [2.05, 4.69) is 20.5 Å². The first-order chi connectivity index (χ1) is 8.17. The van der Waals surface area contributed by atoms with Crippen molar-refractivity contribution in [2.45, 2.75) is 20.0 Å². The van der Waals surface area contributed by atoms with Gasteiger partial charge >= 0.3 is 0 Å². The Morgan fingerprint density at radius 1 is 1.41 bits per heavy atom. The zero-order valence-corrected chi connectivity index (χ0v) is 10.6. The van der Waals surface area contributed by atoms with Crippen LogP contribution in [0.2, 0.25) is 0 Å². The van der Waals surface area contributed by atoms with Crippen LogP contribution in [-0.4, -0.2) is 22.1 Å². The van der Waals surface area contributed by atoms with E-state index in [1.54, 1.807) is 0 Å². The number of nitrogens with one attached hydrogen (secondary N) is 1. The molecule has 6 nitrogen and oxygen atoms in total. The minimum absolute atomic E-state index is 0.627. The number of hydrazine groups is 1. The molecule has 3 N–H and O–H groups in total. The number of aryl methyl sites for hydroxylation is 1. The molecule has 0 aliphatic heterocycles. The lowest BCUT2D eigenvalue weighted by Gasteiger charge is -2.12. The van der Waals surface area contributed by atoms with Gasteiger partial charge in [-0.25, -0.2) is 5.84 Å². The van der Waals surface area contributed by atoms with Gasteiger partial charge < -0.3 is 4.42 Å². The Morgan fingerprint density at radius 2 is 2.24 bits per heavy atom. The first-order valence-electron chi connectivity index (χ1n) is 5.20. The summed E-state index contributed by atoms with van der Waals surface area (Å²) in [5, 5.41) is 9.46. The van der Waals surface area contributed by atoms with E-state index in [4.69, 9.17) is 10.3 Å². The molecule has 2 aromatic heterocycles. The van der Waals surface area contributed by atoms with Gasteiger partial charge in [-0.05, 0) is 26.1 Å². The van der Waals surface area contributed by atoms with Crippen molar-refractivity contribution in [2.24, 2.45) is 5.84 Å². The van der Waals surface area contributed by atoms with Crippen molar-refractivity contribution < 1.29 is 4.42 Å². The van der Waals surface area contributed by atoms with E-state index in [9.17, 15) is 0 Å². The molecule has 0 spiro atoms. The van der Waals surface area contributed by atoms with Crippen LogP contribution in [0.15, 0.2) is 16.5 Å². The summed E-state index contributed by atoms with van der Waals surface area (Å²) in [4.78, 5) is 2.11. The number of hydrogen-bond acceptors (Lipinski definition) is 7. The highest BCUT2D eigenvalue weighted by molar-refractivity contribution is 7.15. The standard InChI is InChI=1S/C10H15N5OS/c1-7-3-4-8(16-7)5-15(2)6-9-13-14-10(12-11)17-9/h3-4H,5-6,11H2,1-2H3,(H,12,14). The number of furan rings is 1. The third kappa shape index (κ3) is 3.26. The Balaban J connectivity index is 1.90. The van der Waals surface area contributed by atoms with Gasteiger partial charge in [0.15, 0.2) is 0 Å². The van der Waals surface area contributed by atoms with E-state index in [-0.39, 0.29) is 0 Å². The second-order valence-electron chi connectivity index (χ2n) is 3.83. The van der Waals surface area contributed by atoms with Crippen molar-refractivity contribution in [3.63, 3.8) is 0 Å². The molecule has 0 atom stereocenters. The minimum atomic E-state index is 0.627. The van der Waals surface area contributed by atoms with Crippen LogP contribution in [0, 0.1) is 6.92 Å². The topological polar surface area (TPSA) is 80.2 Å². The van der Waals surface area contributed by atoms with Crippen molar-refractivity contribution in [1.82, 2.24) is 15.1 Å². The molecule has 2 aromatic rings. The van der Waals surface area contributed by atoms with Crippen molar-refractivity contribution >= 4 is 16.5 Å². The van der Waals surface area contributed by atoms with Gasteiger partial charge in [-0.2, -0.15) is 0 Å². The SMILES string of the molecule is Cc1ccc(CN(C)Cc2nnc(NN)s2)o1.